The number of carbonyl (C=O) groups excluding carboxylic acids is 3. The van der Waals surface area contributed by atoms with Crippen LogP contribution in [0.25, 0.3) is 0 Å². The highest BCUT2D eigenvalue weighted by atomic mass is 79.9. The topological polar surface area (TPSA) is 118 Å². The molecule has 1 atom stereocenters. The van der Waals surface area contributed by atoms with Crippen LogP contribution in [0.1, 0.15) is 81.4 Å². The molecule has 1 fully saturated rings. The fraction of sp³-hybridized carbons (Fsp3) is 0.500. The van der Waals surface area contributed by atoms with Crippen molar-refractivity contribution in [1.29, 1.82) is 5.41 Å². The molecule has 2 aromatic carbocycles. The lowest BCUT2D eigenvalue weighted by Gasteiger charge is -2.30. The number of Topliss-reactive ketones (excluding diaryl/α,β-unsaturated/α-hetero) is 1. The van der Waals surface area contributed by atoms with Gasteiger partial charge in [-0.2, -0.15) is 0 Å². The number of rotatable bonds is 11. The second kappa shape index (κ2) is 14.0. The number of hydrogen-bond donors (Lipinski definition) is 1. The standard InChI is InChI=1S/C32H40FN3O7.BrH/c1-8-41-24-15-19-16-35(30(34)26(19)27(33)29(24)42-9-2)17-23(37)18-13-20(32(4,5)6)28(40-7)22(14-18)36-21(11-12-25(36)38)31(39)43-10-3;/h13-15,21,34H,8-12,16-17H2,1-7H3;1H. The number of fused-ring (bicyclic) bond motifs is 1. The van der Waals surface area contributed by atoms with Crippen molar-refractivity contribution < 1.29 is 37.7 Å². The number of amides is 1. The molecule has 0 aliphatic carbocycles. The summed E-state index contributed by atoms with van der Waals surface area (Å²) in [6.07, 6.45) is 0.434. The summed E-state index contributed by atoms with van der Waals surface area (Å²) < 4.78 is 37.7. The largest absolute Gasteiger partial charge is 0.494 e. The molecule has 0 spiro atoms. The molecule has 2 aliphatic heterocycles. The van der Waals surface area contributed by atoms with Gasteiger partial charge in [-0.3, -0.25) is 19.9 Å². The predicted molar refractivity (Wildman–Crippen MR) is 169 cm³/mol. The van der Waals surface area contributed by atoms with Gasteiger partial charge in [0.1, 0.15) is 17.6 Å². The molecule has 1 saturated heterocycles. The fourth-order valence-electron chi connectivity index (χ4n) is 5.60. The molecule has 2 heterocycles. The number of nitrogens with zero attached hydrogens (tertiary/aromatic N) is 2. The highest BCUT2D eigenvalue weighted by molar-refractivity contribution is 8.93. The maximum Gasteiger partial charge on any atom is 0.329 e. The van der Waals surface area contributed by atoms with Gasteiger partial charge in [0, 0.05) is 24.1 Å². The summed E-state index contributed by atoms with van der Waals surface area (Å²) >= 11 is 0. The molecule has 0 aromatic heterocycles. The Morgan fingerprint density at radius 1 is 1.05 bits per heavy atom. The SMILES string of the molecule is Br.CCOC(=O)C1CCC(=O)N1c1cc(C(=O)CN2Cc3cc(OCC)c(OCC)c(F)c3C2=N)cc(C(C)(C)C)c1OC. The summed E-state index contributed by atoms with van der Waals surface area (Å²) in [6.45, 7) is 11.7. The Kier molecular flexibility index (Phi) is 11.0. The minimum absolute atomic E-state index is 0. The van der Waals surface area contributed by atoms with Gasteiger partial charge in [-0.25, -0.2) is 9.18 Å². The van der Waals surface area contributed by atoms with E-state index in [2.05, 4.69) is 0 Å². The third-order valence-electron chi connectivity index (χ3n) is 7.54. The van der Waals surface area contributed by atoms with Gasteiger partial charge in [0.05, 0.1) is 44.7 Å². The third-order valence-corrected chi connectivity index (χ3v) is 7.54. The Hall–Kier alpha value is -3.67. The van der Waals surface area contributed by atoms with Crippen LogP contribution in [0.15, 0.2) is 18.2 Å². The molecule has 12 heteroatoms. The summed E-state index contributed by atoms with van der Waals surface area (Å²) in [5.74, 6) is -1.38. The molecule has 4 rings (SSSR count). The van der Waals surface area contributed by atoms with E-state index in [0.29, 0.717) is 29.2 Å². The van der Waals surface area contributed by atoms with Crippen LogP contribution < -0.4 is 19.1 Å². The van der Waals surface area contributed by atoms with Crippen molar-refractivity contribution in [3.05, 3.63) is 46.3 Å². The van der Waals surface area contributed by atoms with Crippen LogP contribution in [0.5, 0.6) is 17.2 Å². The van der Waals surface area contributed by atoms with Crippen molar-refractivity contribution in [2.45, 2.75) is 72.4 Å². The van der Waals surface area contributed by atoms with Crippen LogP contribution in [-0.2, 0) is 26.3 Å². The van der Waals surface area contributed by atoms with E-state index < -0.39 is 23.2 Å². The highest BCUT2D eigenvalue weighted by Gasteiger charge is 2.41. The maximum absolute atomic E-state index is 15.6. The minimum atomic E-state index is -0.845. The van der Waals surface area contributed by atoms with Crippen LogP contribution >= 0.6 is 17.0 Å². The van der Waals surface area contributed by atoms with Crippen molar-refractivity contribution in [3.8, 4) is 17.2 Å². The van der Waals surface area contributed by atoms with Crippen LogP contribution in [0, 0.1) is 11.2 Å². The van der Waals surface area contributed by atoms with Crippen LogP contribution in [0.3, 0.4) is 0 Å². The summed E-state index contributed by atoms with van der Waals surface area (Å²) in [7, 11) is 1.49. The molecule has 0 saturated carbocycles. The second-order valence-electron chi connectivity index (χ2n) is 11.4. The van der Waals surface area contributed by atoms with Gasteiger partial charge in [0.2, 0.25) is 5.91 Å². The lowest BCUT2D eigenvalue weighted by molar-refractivity contribution is -0.144. The summed E-state index contributed by atoms with van der Waals surface area (Å²) in [5, 5.41) is 8.72. The van der Waals surface area contributed by atoms with E-state index in [-0.39, 0.29) is 96.3 Å². The number of methoxy groups -OCH3 is 1. The Balaban J connectivity index is 0.00000529. The number of ketones is 1. The molecule has 1 unspecified atom stereocenters. The van der Waals surface area contributed by atoms with Gasteiger partial charge in [0.25, 0.3) is 0 Å². The molecule has 2 aliphatic rings. The van der Waals surface area contributed by atoms with E-state index in [1.807, 2.05) is 20.8 Å². The number of nitrogens with one attached hydrogen (secondary N) is 1. The average Bonchev–Trinajstić information content (AvgIpc) is 3.48. The van der Waals surface area contributed by atoms with Crippen molar-refractivity contribution >= 4 is 46.2 Å². The fourth-order valence-corrected chi connectivity index (χ4v) is 5.60. The lowest BCUT2D eigenvalue weighted by atomic mass is 9.84. The molecular weight excluding hydrogens is 637 g/mol. The van der Waals surface area contributed by atoms with E-state index >= 15 is 4.39 Å². The van der Waals surface area contributed by atoms with E-state index in [4.69, 9.17) is 24.4 Å². The van der Waals surface area contributed by atoms with Gasteiger partial charge >= 0.3 is 5.97 Å². The molecule has 44 heavy (non-hydrogen) atoms. The predicted octanol–water partition coefficient (Wildman–Crippen LogP) is 5.59. The van der Waals surface area contributed by atoms with Crippen molar-refractivity contribution in [2.75, 3.05) is 38.4 Å². The molecule has 2 aromatic rings. The van der Waals surface area contributed by atoms with E-state index in [1.165, 1.54) is 16.9 Å². The monoisotopic (exact) mass is 677 g/mol. The zero-order valence-corrected chi connectivity index (χ0v) is 28.0. The minimum Gasteiger partial charge on any atom is -0.494 e. The summed E-state index contributed by atoms with van der Waals surface area (Å²) in [5.41, 5.74) is 1.36. The number of amidine groups is 1. The molecule has 0 radical (unpaired) electrons. The first kappa shape index (κ1) is 34.8. The number of anilines is 1. The first-order chi connectivity index (χ1) is 20.4. The van der Waals surface area contributed by atoms with Crippen molar-refractivity contribution in [3.63, 3.8) is 0 Å². The quantitative estimate of drug-likeness (QED) is 0.242. The van der Waals surface area contributed by atoms with Gasteiger partial charge in [-0.15, -0.1) is 17.0 Å². The average molecular weight is 679 g/mol. The molecule has 1 amide bonds. The van der Waals surface area contributed by atoms with Crippen molar-refractivity contribution in [2.24, 2.45) is 0 Å². The molecule has 10 nitrogen and oxygen atoms in total. The molecule has 1 N–H and O–H groups in total. The lowest BCUT2D eigenvalue weighted by Crippen LogP contribution is -2.40. The third kappa shape index (κ3) is 6.55. The number of ether oxygens (including phenoxy) is 4. The number of carbonyl (C=O) groups is 3. The maximum atomic E-state index is 15.6. The number of halogens is 2. The number of esters is 1. The van der Waals surface area contributed by atoms with Crippen LogP contribution in [0.4, 0.5) is 10.1 Å². The van der Waals surface area contributed by atoms with E-state index in [9.17, 15) is 14.4 Å². The Morgan fingerprint density at radius 2 is 1.73 bits per heavy atom. The number of benzene rings is 2. The first-order valence-electron chi connectivity index (χ1n) is 14.6. The zero-order valence-electron chi connectivity index (χ0n) is 26.3. The Morgan fingerprint density at radius 3 is 2.32 bits per heavy atom. The van der Waals surface area contributed by atoms with Gasteiger partial charge in [0.15, 0.2) is 23.1 Å². The van der Waals surface area contributed by atoms with Gasteiger partial charge in [-0.1, -0.05) is 20.8 Å². The highest BCUT2D eigenvalue weighted by Crippen LogP contribution is 2.43. The zero-order chi connectivity index (χ0) is 31.6. The molecule has 240 valence electrons. The van der Waals surface area contributed by atoms with Crippen LogP contribution in [0.2, 0.25) is 0 Å². The Bertz CT molecular complexity index is 1460. The van der Waals surface area contributed by atoms with Gasteiger partial charge in [-0.05, 0) is 56.4 Å². The molecule has 0 bridgehead atoms. The second-order valence-corrected chi connectivity index (χ2v) is 11.4. The van der Waals surface area contributed by atoms with Crippen LogP contribution in [-0.4, -0.2) is 67.9 Å². The van der Waals surface area contributed by atoms with E-state index in [1.54, 1.807) is 39.0 Å². The van der Waals surface area contributed by atoms with Gasteiger partial charge < -0.3 is 23.8 Å². The summed E-state index contributed by atoms with van der Waals surface area (Å²) in [6, 6.07) is 4.09. The normalized spacial score (nSPS) is 16.0. The first-order valence-corrected chi connectivity index (χ1v) is 14.6. The number of hydrogen-bond acceptors (Lipinski definition) is 8. The Labute approximate surface area is 268 Å². The summed E-state index contributed by atoms with van der Waals surface area (Å²) in [4.78, 5) is 42.6. The van der Waals surface area contributed by atoms with Crippen molar-refractivity contribution in [1.82, 2.24) is 4.90 Å². The molecular formula is C32H41BrFN3O7. The van der Waals surface area contributed by atoms with E-state index in [0.717, 1.165) is 0 Å². The smallest absolute Gasteiger partial charge is 0.329 e.